The summed E-state index contributed by atoms with van der Waals surface area (Å²) in [4.78, 5) is 0.334. The Kier molecular flexibility index (Phi) is 6.91. The monoisotopic (exact) mass is 306 g/mol. The molecule has 0 aromatic heterocycles. The predicted molar refractivity (Wildman–Crippen MR) is 46.2 cm³/mol. The van der Waals surface area contributed by atoms with Crippen LogP contribution in [0.5, 0.6) is 0 Å². The summed E-state index contributed by atoms with van der Waals surface area (Å²) in [6, 6.07) is 6.66. The summed E-state index contributed by atoms with van der Waals surface area (Å²) in [6.07, 6.45) is 0. The molecule has 1 aromatic rings. The number of hydrogen-bond donors (Lipinski definition) is 0. The predicted octanol–water partition coefficient (Wildman–Crippen LogP) is -1.04. The Labute approximate surface area is 123 Å². The average Bonchev–Trinajstić information content (AvgIpc) is 1.88. The van der Waals surface area contributed by atoms with Gasteiger partial charge in [-0.25, -0.2) is 0 Å². The van der Waals surface area contributed by atoms with Crippen molar-refractivity contribution in [2.24, 2.45) is 0 Å². The van der Waals surface area contributed by atoms with Crippen molar-refractivity contribution in [3.05, 3.63) is 27.8 Å². The number of rotatable bonds is 1. The third kappa shape index (κ3) is 4.35. The van der Waals surface area contributed by atoms with Crippen LogP contribution in [0, 0.1) is 3.57 Å². The zero-order valence-electron chi connectivity index (χ0n) is 5.91. The van der Waals surface area contributed by atoms with Crippen molar-refractivity contribution in [1.29, 1.82) is 0 Å². The van der Waals surface area contributed by atoms with E-state index in [1.807, 2.05) is 0 Å². The Hall–Kier alpha value is 1.54. The Morgan fingerprint density at radius 3 is 1.91 bits per heavy atom. The van der Waals surface area contributed by atoms with Gasteiger partial charge in [-0.2, -0.15) is 0 Å². The molecule has 2 nitrogen and oxygen atoms in total. The summed E-state index contributed by atoms with van der Waals surface area (Å²) in [5.41, 5.74) is 0. The van der Waals surface area contributed by atoms with Crippen molar-refractivity contribution in [3.8, 4) is 0 Å². The van der Waals surface area contributed by atoms with E-state index in [0.29, 0.717) is 4.90 Å². The largest absolute Gasteiger partial charge is 1.00 e. The fourth-order valence-corrected chi connectivity index (χ4v) is 1.26. The van der Waals surface area contributed by atoms with Crippen LogP contribution in [-0.2, 0) is 19.1 Å². The van der Waals surface area contributed by atoms with Crippen molar-refractivity contribution >= 4 is 33.3 Å². The van der Waals surface area contributed by atoms with Crippen LogP contribution in [0.1, 0.15) is 0 Å². The first-order valence-electron chi connectivity index (χ1n) is 2.55. The molecular formula is C6H4IKO2S. The summed E-state index contributed by atoms with van der Waals surface area (Å²) in [5, 5.41) is 0. The third-order valence-electron chi connectivity index (χ3n) is 1.01. The SMILES string of the molecule is O=[S-](=O)c1ccc(I)cc1.[K+]. The zero-order chi connectivity index (χ0) is 7.56. The third-order valence-corrected chi connectivity index (χ3v) is 2.38. The molecule has 1 rings (SSSR count). The van der Waals surface area contributed by atoms with Crippen molar-refractivity contribution in [3.63, 3.8) is 0 Å². The molecule has 0 spiro atoms. The maximum Gasteiger partial charge on any atom is 1.00 e. The normalized spacial score (nSPS) is 9.27. The van der Waals surface area contributed by atoms with Gasteiger partial charge in [-0.1, -0.05) is 29.2 Å². The molecule has 0 heterocycles. The van der Waals surface area contributed by atoms with Gasteiger partial charge in [-0.15, -0.1) is 0 Å². The maximum absolute atomic E-state index is 10.3. The quantitative estimate of drug-likeness (QED) is 0.377. The Balaban J connectivity index is 0.000001000. The molecule has 0 saturated carbocycles. The summed E-state index contributed by atoms with van der Waals surface area (Å²) >= 11 is 2.12. The Morgan fingerprint density at radius 1 is 1.09 bits per heavy atom. The standard InChI is InChI=1S/C6H4IO2S.K/c7-5-1-3-6(4-2-5)10(8)9;/h1-4H;/q-1;+1. The second-order valence-corrected chi connectivity index (χ2v) is 3.88. The van der Waals surface area contributed by atoms with Crippen LogP contribution in [-0.4, -0.2) is 0 Å². The van der Waals surface area contributed by atoms with Gasteiger partial charge in [0, 0.05) is 3.57 Å². The molecule has 0 atom stereocenters. The van der Waals surface area contributed by atoms with Gasteiger partial charge < -0.3 is 8.42 Å². The van der Waals surface area contributed by atoms with Crippen LogP contribution in [0.3, 0.4) is 0 Å². The fraction of sp³-hybridized carbons (Fsp3) is 0. The van der Waals surface area contributed by atoms with Crippen LogP contribution in [0.25, 0.3) is 0 Å². The first-order chi connectivity index (χ1) is 4.70. The summed E-state index contributed by atoms with van der Waals surface area (Å²) < 4.78 is 21.7. The minimum atomic E-state index is -2.09. The molecule has 0 aliphatic rings. The molecule has 0 unspecified atom stereocenters. The van der Waals surface area contributed by atoms with Gasteiger partial charge in [-0.05, 0) is 33.3 Å². The summed E-state index contributed by atoms with van der Waals surface area (Å²) in [6.45, 7) is 0. The molecule has 54 valence electrons. The van der Waals surface area contributed by atoms with E-state index in [1.54, 1.807) is 24.3 Å². The molecule has 0 fully saturated rings. The maximum atomic E-state index is 10.3. The van der Waals surface area contributed by atoms with Gasteiger partial charge in [0.2, 0.25) is 0 Å². The molecule has 0 bridgehead atoms. The second kappa shape index (κ2) is 6.06. The molecule has 0 saturated heterocycles. The molecule has 11 heavy (non-hydrogen) atoms. The van der Waals surface area contributed by atoms with E-state index in [-0.39, 0.29) is 51.4 Å². The van der Waals surface area contributed by atoms with Crippen LogP contribution in [0.4, 0.5) is 0 Å². The van der Waals surface area contributed by atoms with E-state index >= 15 is 0 Å². The average molecular weight is 306 g/mol. The van der Waals surface area contributed by atoms with E-state index in [4.69, 9.17) is 0 Å². The van der Waals surface area contributed by atoms with E-state index in [0.717, 1.165) is 3.57 Å². The number of halogens is 1. The summed E-state index contributed by atoms with van der Waals surface area (Å²) in [5.74, 6) is 0. The van der Waals surface area contributed by atoms with Gasteiger partial charge >= 0.3 is 51.4 Å². The molecule has 0 aliphatic heterocycles. The topological polar surface area (TPSA) is 34.1 Å². The van der Waals surface area contributed by atoms with E-state index in [9.17, 15) is 8.42 Å². The smallest absolute Gasteiger partial charge is 0.420 e. The molecule has 0 aliphatic carbocycles. The summed E-state index contributed by atoms with van der Waals surface area (Å²) in [7, 11) is -2.09. The fourth-order valence-electron chi connectivity index (χ4n) is 0.546. The van der Waals surface area contributed by atoms with Crippen molar-refractivity contribution in [1.82, 2.24) is 0 Å². The molecule has 0 radical (unpaired) electrons. The Morgan fingerprint density at radius 2 is 1.55 bits per heavy atom. The van der Waals surface area contributed by atoms with Crippen LogP contribution >= 0.6 is 22.6 Å². The van der Waals surface area contributed by atoms with Crippen LogP contribution in [0.15, 0.2) is 29.2 Å². The van der Waals surface area contributed by atoms with Gasteiger partial charge in [0.25, 0.3) is 0 Å². The number of benzene rings is 1. The van der Waals surface area contributed by atoms with Crippen LogP contribution in [0.2, 0.25) is 0 Å². The van der Waals surface area contributed by atoms with E-state index in [2.05, 4.69) is 22.6 Å². The molecular weight excluding hydrogens is 302 g/mol. The van der Waals surface area contributed by atoms with Gasteiger partial charge in [0.1, 0.15) is 0 Å². The zero-order valence-corrected chi connectivity index (χ0v) is 12.0. The van der Waals surface area contributed by atoms with Gasteiger partial charge in [0.15, 0.2) is 0 Å². The minimum Gasteiger partial charge on any atom is -0.420 e. The first-order valence-corrected chi connectivity index (χ1v) is 4.70. The second-order valence-electron chi connectivity index (χ2n) is 1.69. The van der Waals surface area contributed by atoms with Crippen molar-refractivity contribution in [2.75, 3.05) is 0 Å². The van der Waals surface area contributed by atoms with Gasteiger partial charge in [0.05, 0.1) is 0 Å². The Bertz CT molecular complexity index is 286. The van der Waals surface area contributed by atoms with Crippen molar-refractivity contribution < 1.29 is 59.8 Å². The first kappa shape index (κ1) is 12.5. The molecule has 1 aromatic carbocycles. The van der Waals surface area contributed by atoms with E-state index < -0.39 is 10.7 Å². The molecule has 5 heteroatoms. The van der Waals surface area contributed by atoms with Crippen molar-refractivity contribution in [2.45, 2.75) is 4.90 Å². The number of hydrogen-bond acceptors (Lipinski definition) is 3. The minimum absolute atomic E-state index is 0. The van der Waals surface area contributed by atoms with Gasteiger partial charge in [-0.3, -0.25) is 0 Å². The van der Waals surface area contributed by atoms with Crippen LogP contribution < -0.4 is 51.4 Å². The molecule has 0 N–H and O–H groups in total. The molecule has 0 amide bonds. The van der Waals surface area contributed by atoms with E-state index in [1.165, 1.54) is 0 Å².